The summed E-state index contributed by atoms with van der Waals surface area (Å²) in [5.41, 5.74) is 6.84. The first kappa shape index (κ1) is 6.16. The van der Waals surface area contributed by atoms with Crippen molar-refractivity contribution in [3.8, 4) is 0 Å². The molecule has 2 N–H and O–H groups in total. The normalized spacial score (nSPS) is 9.56. The molecule has 0 fully saturated rings. The van der Waals surface area contributed by atoms with Crippen molar-refractivity contribution in [3.63, 3.8) is 0 Å². The molecular formula is C6H8N3. The molecule has 0 bridgehead atoms. The first-order chi connectivity index (χ1) is 4.33. The summed E-state index contributed by atoms with van der Waals surface area (Å²) >= 11 is 0. The Morgan fingerprint density at radius 1 is 1.78 bits per heavy atom. The van der Waals surface area contributed by atoms with Gasteiger partial charge in [0.05, 0.1) is 11.4 Å². The lowest BCUT2D eigenvalue weighted by molar-refractivity contribution is 0.941. The number of hydrogen-bond acceptors (Lipinski definition) is 3. The molecular weight excluding hydrogens is 114 g/mol. The van der Waals surface area contributed by atoms with Crippen molar-refractivity contribution in [2.75, 3.05) is 0 Å². The van der Waals surface area contributed by atoms with E-state index >= 15 is 0 Å². The van der Waals surface area contributed by atoms with E-state index < -0.39 is 0 Å². The summed E-state index contributed by atoms with van der Waals surface area (Å²) in [6.45, 7) is 2.27. The van der Waals surface area contributed by atoms with Crippen LogP contribution in [0.5, 0.6) is 0 Å². The number of aromatic nitrogens is 2. The third-order valence-corrected chi connectivity index (χ3v) is 0.962. The molecule has 9 heavy (non-hydrogen) atoms. The van der Waals surface area contributed by atoms with Crippen molar-refractivity contribution in [1.82, 2.24) is 9.97 Å². The molecule has 0 unspecified atom stereocenters. The lowest BCUT2D eigenvalue weighted by Crippen LogP contribution is -2.00. The summed E-state index contributed by atoms with van der Waals surface area (Å²) in [6, 6.07) is 0. The van der Waals surface area contributed by atoms with Crippen LogP contribution in [0, 0.1) is 13.1 Å². The molecule has 3 heteroatoms. The Labute approximate surface area is 53.9 Å². The van der Waals surface area contributed by atoms with Gasteiger partial charge in [0.1, 0.15) is 6.20 Å². The second-order valence-corrected chi connectivity index (χ2v) is 1.77. The molecule has 0 aromatic carbocycles. The van der Waals surface area contributed by atoms with Crippen molar-refractivity contribution in [3.05, 3.63) is 23.8 Å². The molecule has 0 spiro atoms. The summed E-state index contributed by atoms with van der Waals surface area (Å²) in [4.78, 5) is 7.84. The van der Waals surface area contributed by atoms with Gasteiger partial charge in [-0.1, -0.05) is 0 Å². The van der Waals surface area contributed by atoms with E-state index in [9.17, 15) is 0 Å². The SMILES string of the molecule is Cc1cnc(CN)[c]n1. The predicted octanol–water partition coefficient (Wildman–Crippen LogP) is 0.0439. The summed E-state index contributed by atoms with van der Waals surface area (Å²) in [5.74, 6) is 0. The van der Waals surface area contributed by atoms with Crippen molar-refractivity contribution in [2.45, 2.75) is 13.5 Å². The third kappa shape index (κ3) is 1.47. The monoisotopic (exact) mass is 122 g/mol. The van der Waals surface area contributed by atoms with Crippen molar-refractivity contribution in [1.29, 1.82) is 0 Å². The maximum Gasteiger partial charge on any atom is 0.114 e. The summed E-state index contributed by atoms with van der Waals surface area (Å²) < 4.78 is 0. The molecule has 0 aliphatic carbocycles. The topological polar surface area (TPSA) is 51.8 Å². The Morgan fingerprint density at radius 2 is 2.56 bits per heavy atom. The van der Waals surface area contributed by atoms with Crippen LogP contribution >= 0.6 is 0 Å². The second kappa shape index (κ2) is 2.55. The van der Waals surface area contributed by atoms with Gasteiger partial charge in [-0.25, -0.2) is 4.98 Å². The predicted molar refractivity (Wildman–Crippen MR) is 33.5 cm³/mol. The van der Waals surface area contributed by atoms with Crippen LogP contribution in [0.1, 0.15) is 11.4 Å². The van der Waals surface area contributed by atoms with Crippen LogP contribution < -0.4 is 5.73 Å². The van der Waals surface area contributed by atoms with Crippen molar-refractivity contribution >= 4 is 0 Å². The Morgan fingerprint density at radius 3 is 3.00 bits per heavy atom. The Kier molecular flexibility index (Phi) is 1.75. The molecule has 1 aromatic rings. The molecule has 1 rings (SSSR count). The van der Waals surface area contributed by atoms with Crippen LogP contribution in [-0.4, -0.2) is 9.97 Å². The fourth-order valence-corrected chi connectivity index (χ4v) is 0.480. The maximum absolute atomic E-state index is 5.27. The largest absolute Gasteiger partial charge is 0.325 e. The molecule has 0 amide bonds. The van der Waals surface area contributed by atoms with E-state index in [1.165, 1.54) is 0 Å². The smallest absolute Gasteiger partial charge is 0.114 e. The molecule has 1 heterocycles. The van der Waals surface area contributed by atoms with Crippen LogP contribution in [0.25, 0.3) is 0 Å². The lowest BCUT2D eigenvalue weighted by Gasteiger charge is -1.91. The minimum absolute atomic E-state index is 0.410. The van der Waals surface area contributed by atoms with Crippen LogP contribution in [0.3, 0.4) is 0 Å². The highest BCUT2D eigenvalue weighted by atomic mass is 14.8. The summed E-state index contributed by atoms with van der Waals surface area (Å²) in [6.07, 6.45) is 4.38. The van der Waals surface area contributed by atoms with Gasteiger partial charge in [0.25, 0.3) is 0 Å². The number of nitrogens with zero attached hydrogens (tertiary/aromatic N) is 2. The van der Waals surface area contributed by atoms with Gasteiger partial charge in [-0.05, 0) is 6.92 Å². The molecule has 0 atom stereocenters. The Bertz CT molecular complexity index is 180. The molecule has 0 saturated carbocycles. The summed E-state index contributed by atoms with van der Waals surface area (Å²) in [7, 11) is 0. The standard InChI is InChI=1S/C6H8N3/c1-5-3-9-6(2-7)4-8-5/h3H,2,7H2,1H3. The average Bonchev–Trinajstić information content (AvgIpc) is 1.90. The van der Waals surface area contributed by atoms with Gasteiger partial charge in [-0.3, -0.25) is 4.98 Å². The minimum Gasteiger partial charge on any atom is -0.325 e. The molecule has 3 nitrogen and oxygen atoms in total. The van der Waals surface area contributed by atoms with Gasteiger partial charge in [0.15, 0.2) is 0 Å². The average molecular weight is 122 g/mol. The third-order valence-electron chi connectivity index (χ3n) is 0.962. The quantitative estimate of drug-likeness (QED) is 0.572. The van der Waals surface area contributed by atoms with E-state index in [0.29, 0.717) is 12.2 Å². The maximum atomic E-state index is 5.27. The number of rotatable bonds is 1. The molecule has 0 saturated heterocycles. The zero-order chi connectivity index (χ0) is 6.69. The van der Waals surface area contributed by atoms with Crippen LogP contribution in [0.4, 0.5) is 0 Å². The fraction of sp³-hybridized carbons (Fsp3) is 0.333. The van der Waals surface area contributed by atoms with Gasteiger partial charge >= 0.3 is 0 Å². The van der Waals surface area contributed by atoms with Gasteiger partial charge in [0, 0.05) is 12.7 Å². The van der Waals surface area contributed by atoms with Crippen molar-refractivity contribution in [2.24, 2.45) is 5.73 Å². The molecule has 47 valence electrons. The van der Waals surface area contributed by atoms with Gasteiger partial charge in [0.2, 0.25) is 0 Å². The minimum atomic E-state index is 0.410. The van der Waals surface area contributed by atoms with Gasteiger partial charge < -0.3 is 5.73 Å². The second-order valence-electron chi connectivity index (χ2n) is 1.77. The highest BCUT2D eigenvalue weighted by Gasteiger charge is 1.89. The van der Waals surface area contributed by atoms with Gasteiger partial charge in [-0.2, -0.15) is 0 Å². The number of hydrogen-bond donors (Lipinski definition) is 1. The Balaban J connectivity index is 2.88. The fourth-order valence-electron chi connectivity index (χ4n) is 0.480. The van der Waals surface area contributed by atoms with E-state index in [1.807, 2.05) is 6.92 Å². The van der Waals surface area contributed by atoms with E-state index in [2.05, 4.69) is 16.2 Å². The van der Waals surface area contributed by atoms with Crippen LogP contribution in [0.15, 0.2) is 6.20 Å². The number of aryl methyl sites for hydroxylation is 1. The van der Waals surface area contributed by atoms with Crippen LogP contribution in [-0.2, 0) is 6.54 Å². The highest BCUT2D eigenvalue weighted by molar-refractivity contribution is 4.97. The van der Waals surface area contributed by atoms with E-state index in [0.717, 1.165) is 5.69 Å². The summed E-state index contributed by atoms with van der Waals surface area (Å²) in [5, 5.41) is 0. The van der Waals surface area contributed by atoms with Gasteiger partial charge in [-0.15, -0.1) is 0 Å². The molecule has 0 aliphatic heterocycles. The van der Waals surface area contributed by atoms with E-state index in [4.69, 9.17) is 5.73 Å². The first-order valence-corrected chi connectivity index (χ1v) is 2.73. The molecule has 1 radical (unpaired) electrons. The highest BCUT2D eigenvalue weighted by Crippen LogP contribution is 1.89. The van der Waals surface area contributed by atoms with E-state index in [1.54, 1.807) is 6.20 Å². The Hall–Kier alpha value is -0.960. The van der Waals surface area contributed by atoms with Crippen LogP contribution in [0.2, 0.25) is 0 Å². The van der Waals surface area contributed by atoms with E-state index in [-0.39, 0.29) is 0 Å². The molecule has 0 aliphatic rings. The lowest BCUT2D eigenvalue weighted by atomic mass is 10.4. The van der Waals surface area contributed by atoms with Crippen molar-refractivity contribution < 1.29 is 0 Å². The first-order valence-electron chi connectivity index (χ1n) is 2.73. The molecule has 1 aromatic heterocycles. The number of nitrogens with two attached hydrogens (primary N) is 1. The zero-order valence-electron chi connectivity index (χ0n) is 5.26. The zero-order valence-corrected chi connectivity index (χ0v) is 5.26.